The van der Waals surface area contributed by atoms with E-state index >= 15 is 0 Å². The summed E-state index contributed by atoms with van der Waals surface area (Å²) in [4.78, 5) is 21.4. The maximum Gasteiger partial charge on any atom is 0.324 e. The van der Waals surface area contributed by atoms with Crippen molar-refractivity contribution >= 4 is 34.1 Å². The summed E-state index contributed by atoms with van der Waals surface area (Å²) in [6.45, 7) is 10.1. The zero-order chi connectivity index (χ0) is 29.1. The number of aromatic nitrogens is 4. The van der Waals surface area contributed by atoms with E-state index in [0.717, 1.165) is 22.2 Å². The molecule has 3 heterocycles. The number of ether oxygens (including phenoxy) is 1. The van der Waals surface area contributed by atoms with Gasteiger partial charge in [0.2, 0.25) is 0 Å². The van der Waals surface area contributed by atoms with E-state index in [1.807, 2.05) is 65.0 Å². The first-order valence-electron chi connectivity index (χ1n) is 13.3. The zero-order valence-corrected chi connectivity index (χ0v) is 23.6. The van der Waals surface area contributed by atoms with Crippen molar-refractivity contribution in [3.05, 3.63) is 90.8 Å². The van der Waals surface area contributed by atoms with E-state index in [2.05, 4.69) is 25.9 Å². The summed E-state index contributed by atoms with van der Waals surface area (Å²) >= 11 is 0. The van der Waals surface area contributed by atoms with Crippen LogP contribution in [0.5, 0.6) is 11.5 Å². The Hall–Kier alpha value is -4.99. The topological polar surface area (TPSA) is 106 Å². The van der Waals surface area contributed by atoms with Gasteiger partial charge in [-0.1, -0.05) is 26.8 Å². The summed E-state index contributed by atoms with van der Waals surface area (Å²) in [7, 11) is 0. The van der Waals surface area contributed by atoms with Gasteiger partial charge in [0.05, 0.1) is 17.1 Å². The van der Waals surface area contributed by atoms with Gasteiger partial charge in [0.1, 0.15) is 29.0 Å². The molecule has 5 rings (SSSR count). The van der Waals surface area contributed by atoms with Gasteiger partial charge in [-0.3, -0.25) is 10.3 Å². The van der Waals surface area contributed by atoms with Gasteiger partial charge < -0.3 is 15.4 Å². The van der Waals surface area contributed by atoms with E-state index in [1.54, 1.807) is 41.5 Å². The SMILES string of the molecule is CC(C)Nc1cc(Oc2ccc(NC(=O)Nc3cc(C(C)(C)C)nn3-c3ccc4cnccc4c3)c(F)c2)ccn1. The number of carbonyl (C=O) groups is 1. The van der Waals surface area contributed by atoms with Crippen LogP contribution in [-0.2, 0) is 5.41 Å². The minimum Gasteiger partial charge on any atom is -0.457 e. The Morgan fingerprint density at radius 2 is 1.73 bits per heavy atom. The maximum atomic E-state index is 15.0. The summed E-state index contributed by atoms with van der Waals surface area (Å²) in [5.41, 5.74) is 1.30. The average Bonchev–Trinajstić information content (AvgIpc) is 3.34. The van der Waals surface area contributed by atoms with Crippen LogP contribution in [0.1, 0.15) is 40.3 Å². The Morgan fingerprint density at radius 1 is 0.927 bits per heavy atom. The van der Waals surface area contributed by atoms with Crippen molar-refractivity contribution in [2.75, 3.05) is 16.0 Å². The third kappa shape index (κ3) is 6.60. The van der Waals surface area contributed by atoms with Crippen molar-refractivity contribution in [2.24, 2.45) is 0 Å². The molecule has 0 saturated heterocycles. The third-order valence-electron chi connectivity index (χ3n) is 6.18. The van der Waals surface area contributed by atoms with Crippen LogP contribution < -0.4 is 20.7 Å². The van der Waals surface area contributed by atoms with E-state index in [4.69, 9.17) is 9.84 Å². The van der Waals surface area contributed by atoms with Crippen LogP contribution in [0.15, 0.2) is 79.3 Å². The quantitative estimate of drug-likeness (QED) is 0.193. The molecule has 9 nitrogen and oxygen atoms in total. The molecular weight excluding hydrogens is 521 g/mol. The van der Waals surface area contributed by atoms with Crippen LogP contribution in [0.4, 0.5) is 26.5 Å². The Kier molecular flexibility index (Phi) is 7.56. The number of carbonyl (C=O) groups excluding carboxylic acids is 1. The first-order valence-corrected chi connectivity index (χ1v) is 13.3. The second kappa shape index (κ2) is 11.2. The van der Waals surface area contributed by atoms with Crippen LogP contribution in [0.2, 0.25) is 0 Å². The second-order valence-corrected chi connectivity index (χ2v) is 11.0. The third-order valence-corrected chi connectivity index (χ3v) is 6.18. The molecule has 2 amide bonds. The minimum atomic E-state index is -0.640. The van der Waals surface area contributed by atoms with Gasteiger partial charge in [-0.05, 0) is 55.6 Å². The largest absolute Gasteiger partial charge is 0.457 e. The zero-order valence-electron chi connectivity index (χ0n) is 23.6. The fourth-order valence-corrected chi connectivity index (χ4v) is 4.15. The molecule has 0 atom stereocenters. The molecule has 0 fully saturated rings. The molecule has 0 bridgehead atoms. The number of amides is 2. The molecule has 0 unspecified atom stereocenters. The number of hydrogen-bond acceptors (Lipinski definition) is 6. The predicted octanol–water partition coefficient (Wildman–Crippen LogP) is 7.51. The lowest BCUT2D eigenvalue weighted by Gasteiger charge is -2.14. The first-order chi connectivity index (χ1) is 19.5. The number of anilines is 3. The van der Waals surface area contributed by atoms with E-state index < -0.39 is 11.8 Å². The highest BCUT2D eigenvalue weighted by molar-refractivity contribution is 5.99. The molecular formula is C31H32FN7O2. The highest BCUT2D eigenvalue weighted by Crippen LogP contribution is 2.29. The summed E-state index contributed by atoms with van der Waals surface area (Å²) in [5, 5.41) is 15.4. The van der Waals surface area contributed by atoms with E-state index in [9.17, 15) is 9.18 Å². The van der Waals surface area contributed by atoms with Crippen LogP contribution in [0, 0.1) is 5.82 Å². The standard InChI is InChI=1S/C31H32FN7O2/c1-19(2)35-28-16-24(11-13-34-28)41-23-8-9-26(25(32)15-23)36-30(40)37-29-17-27(31(3,4)5)38-39(29)22-7-6-21-18-33-12-10-20(21)14-22/h6-19H,1-5H3,(H,34,35)(H2,36,37,40). The van der Waals surface area contributed by atoms with E-state index in [0.29, 0.717) is 17.4 Å². The van der Waals surface area contributed by atoms with Crippen molar-refractivity contribution in [1.29, 1.82) is 0 Å². The summed E-state index contributed by atoms with van der Waals surface area (Å²) < 4.78 is 22.5. The highest BCUT2D eigenvalue weighted by atomic mass is 19.1. The number of halogens is 1. The molecule has 5 aromatic rings. The van der Waals surface area contributed by atoms with Gasteiger partial charge in [0.25, 0.3) is 0 Å². The second-order valence-electron chi connectivity index (χ2n) is 11.0. The number of fused-ring (bicyclic) bond motifs is 1. The Bertz CT molecular complexity index is 1710. The average molecular weight is 554 g/mol. The normalized spacial score (nSPS) is 11.5. The van der Waals surface area contributed by atoms with Gasteiger partial charge in [-0.2, -0.15) is 5.10 Å². The van der Waals surface area contributed by atoms with Crippen LogP contribution in [0.25, 0.3) is 16.5 Å². The molecule has 0 radical (unpaired) electrons. The minimum absolute atomic E-state index is 0.00653. The molecule has 0 aliphatic carbocycles. The van der Waals surface area contributed by atoms with Gasteiger partial charge in [0, 0.05) is 53.6 Å². The van der Waals surface area contributed by atoms with Crippen LogP contribution >= 0.6 is 0 Å². The van der Waals surface area contributed by atoms with Gasteiger partial charge in [-0.15, -0.1) is 0 Å². The van der Waals surface area contributed by atoms with Gasteiger partial charge >= 0.3 is 6.03 Å². The van der Waals surface area contributed by atoms with Gasteiger partial charge in [-0.25, -0.2) is 18.9 Å². The van der Waals surface area contributed by atoms with Gasteiger partial charge in [0.15, 0.2) is 0 Å². The molecule has 0 saturated carbocycles. The fourth-order valence-electron chi connectivity index (χ4n) is 4.15. The number of benzene rings is 2. The monoisotopic (exact) mass is 553 g/mol. The van der Waals surface area contributed by atoms with E-state index in [1.165, 1.54) is 12.1 Å². The number of pyridine rings is 2. The molecule has 0 spiro atoms. The lowest BCUT2D eigenvalue weighted by atomic mass is 9.92. The number of hydrogen-bond donors (Lipinski definition) is 3. The van der Waals surface area contributed by atoms with Crippen molar-refractivity contribution in [2.45, 2.75) is 46.1 Å². The molecule has 3 N–H and O–H groups in total. The number of rotatable bonds is 7. The van der Waals surface area contributed by atoms with Crippen LogP contribution in [0.3, 0.4) is 0 Å². The highest BCUT2D eigenvalue weighted by Gasteiger charge is 2.22. The smallest absolute Gasteiger partial charge is 0.324 e. The number of urea groups is 1. The van der Waals surface area contributed by atoms with Crippen molar-refractivity contribution in [3.63, 3.8) is 0 Å². The van der Waals surface area contributed by atoms with Crippen molar-refractivity contribution in [3.8, 4) is 17.2 Å². The molecule has 210 valence electrons. The van der Waals surface area contributed by atoms with Crippen LogP contribution in [-0.4, -0.2) is 31.8 Å². The fraction of sp³-hybridized carbons (Fsp3) is 0.226. The van der Waals surface area contributed by atoms with E-state index in [-0.39, 0.29) is 22.9 Å². The Labute approximate surface area is 237 Å². The molecule has 0 aliphatic rings. The summed E-state index contributed by atoms with van der Waals surface area (Å²) in [5.74, 6) is 1.26. The van der Waals surface area contributed by atoms with Crippen molar-refractivity contribution < 1.29 is 13.9 Å². The first kappa shape index (κ1) is 27.6. The van der Waals surface area contributed by atoms with Crippen molar-refractivity contribution in [1.82, 2.24) is 19.7 Å². The molecule has 3 aromatic heterocycles. The summed E-state index contributed by atoms with van der Waals surface area (Å²) in [6.07, 6.45) is 5.13. The molecule has 2 aromatic carbocycles. The maximum absolute atomic E-state index is 15.0. The Balaban J connectivity index is 1.33. The molecule has 41 heavy (non-hydrogen) atoms. The Morgan fingerprint density at radius 3 is 2.49 bits per heavy atom. The number of nitrogens with zero attached hydrogens (tertiary/aromatic N) is 4. The predicted molar refractivity (Wildman–Crippen MR) is 160 cm³/mol. The lowest BCUT2D eigenvalue weighted by Crippen LogP contribution is -2.22. The molecule has 0 aliphatic heterocycles. The number of nitrogens with one attached hydrogen (secondary N) is 3. The molecule has 10 heteroatoms. The lowest BCUT2D eigenvalue weighted by molar-refractivity contribution is 0.262. The summed E-state index contributed by atoms with van der Waals surface area (Å²) in [6, 6.07) is 16.8.